The van der Waals surface area contributed by atoms with Crippen molar-refractivity contribution >= 4 is 21.6 Å². The Bertz CT molecular complexity index is 1260. The first-order valence-electron chi connectivity index (χ1n) is 11.7. The number of sulfonamides is 1. The molecule has 0 unspecified atom stereocenters. The van der Waals surface area contributed by atoms with Crippen LogP contribution in [0.4, 0.5) is 5.69 Å². The SMILES string of the molecule is COc1ccccc1CN1CCC(NC(=O)c2cccc(S(=O)(=O)N(C)c3ccccc3)c2)CC1. The molecule has 1 aliphatic rings. The van der Waals surface area contributed by atoms with Gasteiger partial charge in [0.1, 0.15) is 5.75 Å². The van der Waals surface area contributed by atoms with E-state index in [4.69, 9.17) is 4.74 Å². The van der Waals surface area contributed by atoms with Crippen LogP contribution in [-0.2, 0) is 16.6 Å². The van der Waals surface area contributed by atoms with Gasteiger partial charge in [-0.2, -0.15) is 0 Å². The summed E-state index contributed by atoms with van der Waals surface area (Å²) in [4.78, 5) is 15.4. The number of methoxy groups -OCH3 is 1. The lowest BCUT2D eigenvalue weighted by Crippen LogP contribution is -2.44. The van der Waals surface area contributed by atoms with Gasteiger partial charge in [-0.15, -0.1) is 0 Å². The van der Waals surface area contributed by atoms with Crippen molar-refractivity contribution in [3.63, 3.8) is 0 Å². The summed E-state index contributed by atoms with van der Waals surface area (Å²) in [7, 11) is -0.596. The molecule has 0 aromatic heterocycles. The normalized spacial score (nSPS) is 14.9. The summed E-state index contributed by atoms with van der Waals surface area (Å²) in [6, 6.07) is 23.1. The first-order chi connectivity index (χ1) is 16.9. The van der Waals surface area contributed by atoms with Gasteiger partial charge in [0.2, 0.25) is 0 Å². The topological polar surface area (TPSA) is 79.0 Å². The van der Waals surface area contributed by atoms with Gasteiger partial charge in [-0.3, -0.25) is 14.0 Å². The van der Waals surface area contributed by atoms with E-state index in [9.17, 15) is 13.2 Å². The van der Waals surface area contributed by atoms with E-state index in [0.29, 0.717) is 11.3 Å². The third kappa shape index (κ3) is 5.83. The number of piperidine rings is 1. The Morgan fingerprint density at radius 1 is 1.00 bits per heavy atom. The number of carbonyl (C=O) groups excluding carboxylic acids is 1. The van der Waals surface area contributed by atoms with Gasteiger partial charge < -0.3 is 10.1 Å². The molecule has 1 N–H and O–H groups in total. The van der Waals surface area contributed by atoms with Crippen LogP contribution in [0.25, 0.3) is 0 Å². The summed E-state index contributed by atoms with van der Waals surface area (Å²) in [5.41, 5.74) is 2.04. The number of rotatable bonds is 8. The molecule has 0 spiro atoms. The van der Waals surface area contributed by atoms with E-state index in [1.807, 2.05) is 24.3 Å². The zero-order valence-corrected chi connectivity index (χ0v) is 20.9. The van der Waals surface area contributed by atoms with Gasteiger partial charge in [-0.25, -0.2) is 8.42 Å². The Kier molecular flexibility index (Phi) is 7.73. The van der Waals surface area contributed by atoms with Crippen LogP contribution in [0.2, 0.25) is 0 Å². The standard InChI is InChI=1S/C27H31N3O4S/c1-29(24-11-4-3-5-12-24)35(32,33)25-13-8-10-21(19-25)27(31)28-23-15-17-30(18-16-23)20-22-9-6-7-14-26(22)34-2/h3-14,19,23H,15-18,20H2,1-2H3,(H,28,31). The summed E-state index contributed by atoms with van der Waals surface area (Å²) in [5.74, 6) is 0.628. The van der Waals surface area contributed by atoms with Crippen molar-refractivity contribution in [2.24, 2.45) is 0 Å². The molecule has 0 radical (unpaired) electrons. The van der Waals surface area contributed by atoms with Crippen molar-refractivity contribution in [3.8, 4) is 5.75 Å². The molecule has 1 saturated heterocycles. The highest BCUT2D eigenvalue weighted by atomic mass is 32.2. The molecule has 0 saturated carbocycles. The number of hydrogen-bond acceptors (Lipinski definition) is 5. The summed E-state index contributed by atoms with van der Waals surface area (Å²) in [6.45, 7) is 2.53. The van der Waals surface area contributed by atoms with Crippen LogP contribution < -0.4 is 14.4 Å². The second kappa shape index (κ2) is 10.9. The Labute approximate surface area is 207 Å². The molecule has 1 fully saturated rings. The number of ether oxygens (including phenoxy) is 1. The molecular formula is C27H31N3O4S. The monoisotopic (exact) mass is 493 g/mol. The number of anilines is 1. The van der Waals surface area contributed by atoms with Gasteiger partial charge in [-0.05, 0) is 49.2 Å². The summed E-state index contributed by atoms with van der Waals surface area (Å²) in [6.07, 6.45) is 1.66. The van der Waals surface area contributed by atoms with Crippen LogP contribution in [0.1, 0.15) is 28.8 Å². The minimum atomic E-state index is -3.79. The molecule has 0 bridgehead atoms. The molecule has 1 heterocycles. The highest BCUT2D eigenvalue weighted by molar-refractivity contribution is 7.92. The predicted octanol–water partition coefficient (Wildman–Crippen LogP) is 3.91. The van der Waals surface area contributed by atoms with Crippen molar-refractivity contribution in [2.45, 2.75) is 30.3 Å². The molecule has 1 aliphatic heterocycles. The summed E-state index contributed by atoms with van der Waals surface area (Å²) < 4.78 is 32.9. The van der Waals surface area contributed by atoms with Gasteiger partial charge in [0.15, 0.2) is 0 Å². The maximum Gasteiger partial charge on any atom is 0.264 e. The zero-order valence-electron chi connectivity index (χ0n) is 20.1. The van der Waals surface area contributed by atoms with E-state index in [1.165, 1.54) is 23.5 Å². The minimum absolute atomic E-state index is 0.0451. The van der Waals surface area contributed by atoms with Crippen LogP contribution in [0.15, 0.2) is 83.8 Å². The first-order valence-corrected chi connectivity index (χ1v) is 13.1. The highest BCUT2D eigenvalue weighted by Gasteiger charge is 2.24. The van der Waals surface area contributed by atoms with Gasteiger partial charge in [-0.1, -0.05) is 42.5 Å². The fraction of sp³-hybridized carbons (Fsp3) is 0.296. The van der Waals surface area contributed by atoms with Gasteiger partial charge >= 0.3 is 0 Å². The van der Waals surface area contributed by atoms with E-state index >= 15 is 0 Å². The number of nitrogens with one attached hydrogen (secondary N) is 1. The van der Waals surface area contributed by atoms with Crippen molar-refractivity contribution in [1.82, 2.24) is 10.2 Å². The molecule has 1 amide bonds. The number of hydrogen-bond donors (Lipinski definition) is 1. The van der Waals surface area contributed by atoms with Crippen LogP contribution in [0, 0.1) is 0 Å². The lowest BCUT2D eigenvalue weighted by atomic mass is 10.0. The molecular weight excluding hydrogens is 462 g/mol. The Balaban J connectivity index is 1.37. The molecule has 184 valence electrons. The van der Waals surface area contributed by atoms with Gasteiger partial charge in [0.25, 0.3) is 15.9 Å². The Morgan fingerprint density at radius 3 is 2.40 bits per heavy atom. The molecule has 3 aromatic carbocycles. The van der Waals surface area contributed by atoms with Crippen molar-refractivity contribution in [3.05, 3.63) is 90.0 Å². The van der Waals surface area contributed by atoms with Crippen molar-refractivity contribution in [2.75, 3.05) is 31.6 Å². The zero-order chi connectivity index (χ0) is 24.8. The minimum Gasteiger partial charge on any atom is -0.496 e. The quantitative estimate of drug-likeness (QED) is 0.515. The number of benzene rings is 3. The van der Waals surface area contributed by atoms with E-state index in [0.717, 1.165) is 43.8 Å². The number of para-hydroxylation sites is 2. The van der Waals surface area contributed by atoms with Crippen LogP contribution in [0.3, 0.4) is 0 Å². The average Bonchev–Trinajstić information content (AvgIpc) is 2.90. The average molecular weight is 494 g/mol. The predicted molar refractivity (Wildman–Crippen MR) is 137 cm³/mol. The fourth-order valence-corrected chi connectivity index (χ4v) is 5.55. The van der Waals surface area contributed by atoms with Crippen molar-refractivity contribution < 1.29 is 17.9 Å². The van der Waals surface area contributed by atoms with E-state index in [1.54, 1.807) is 43.5 Å². The third-order valence-electron chi connectivity index (χ3n) is 6.38. The molecule has 35 heavy (non-hydrogen) atoms. The molecule has 0 aliphatic carbocycles. The van der Waals surface area contributed by atoms with Crippen molar-refractivity contribution in [1.29, 1.82) is 0 Å². The van der Waals surface area contributed by atoms with Crippen LogP contribution >= 0.6 is 0 Å². The number of nitrogens with zero attached hydrogens (tertiary/aromatic N) is 2. The molecule has 3 aromatic rings. The molecule has 4 rings (SSSR count). The maximum atomic E-state index is 13.1. The Hall–Kier alpha value is -3.36. The first kappa shape index (κ1) is 24.8. The number of likely N-dealkylation sites (tertiary alicyclic amines) is 1. The highest BCUT2D eigenvalue weighted by Crippen LogP contribution is 2.24. The second-order valence-electron chi connectivity index (χ2n) is 8.67. The van der Waals surface area contributed by atoms with E-state index in [-0.39, 0.29) is 16.8 Å². The van der Waals surface area contributed by atoms with Crippen LogP contribution in [0.5, 0.6) is 5.75 Å². The number of amides is 1. The smallest absolute Gasteiger partial charge is 0.264 e. The maximum absolute atomic E-state index is 13.1. The van der Waals surface area contributed by atoms with Gasteiger partial charge in [0, 0.05) is 43.9 Å². The van der Waals surface area contributed by atoms with Crippen LogP contribution in [-0.4, -0.2) is 52.5 Å². The largest absolute Gasteiger partial charge is 0.496 e. The molecule has 8 heteroatoms. The number of carbonyl (C=O) groups is 1. The molecule has 0 atom stereocenters. The fourth-order valence-electron chi connectivity index (χ4n) is 4.31. The third-order valence-corrected chi connectivity index (χ3v) is 8.17. The second-order valence-corrected chi connectivity index (χ2v) is 10.6. The van der Waals surface area contributed by atoms with E-state index < -0.39 is 10.0 Å². The summed E-state index contributed by atoms with van der Waals surface area (Å²) >= 11 is 0. The van der Waals surface area contributed by atoms with E-state index in [2.05, 4.69) is 16.3 Å². The Morgan fingerprint density at radius 2 is 1.69 bits per heavy atom. The van der Waals surface area contributed by atoms with Gasteiger partial charge in [0.05, 0.1) is 17.7 Å². The summed E-state index contributed by atoms with van der Waals surface area (Å²) in [5, 5.41) is 3.08. The molecule has 7 nitrogen and oxygen atoms in total. The lowest BCUT2D eigenvalue weighted by molar-refractivity contribution is 0.0908. The lowest BCUT2D eigenvalue weighted by Gasteiger charge is -2.32.